The largest absolute Gasteiger partial charge is 0.487 e. The van der Waals surface area contributed by atoms with Crippen LogP contribution in [0.1, 0.15) is 79.4 Å². The number of rotatable bonds is 9. The molecule has 1 fully saturated rings. The fourth-order valence-electron chi connectivity index (χ4n) is 5.56. The number of nitrogens with zero attached hydrogens (tertiary/aromatic N) is 3. The van der Waals surface area contributed by atoms with Crippen molar-refractivity contribution < 1.29 is 41.4 Å². The Kier molecular flexibility index (Phi) is 10.3. The third kappa shape index (κ3) is 8.45. The first-order valence-electron chi connectivity index (χ1n) is 15.7. The molecule has 47 heavy (non-hydrogen) atoms. The maximum atomic E-state index is 16.8. The minimum atomic E-state index is -4.43. The van der Waals surface area contributed by atoms with Crippen molar-refractivity contribution in [3.8, 4) is 5.75 Å². The Hall–Kier alpha value is -4.07. The Morgan fingerprint density at radius 2 is 1.72 bits per heavy atom. The van der Waals surface area contributed by atoms with Crippen molar-refractivity contribution in [1.29, 1.82) is 0 Å². The number of hydrogen-bond donors (Lipinski definition) is 1. The molecule has 1 N–H and O–H groups in total. The summed E-state index contributed by atoms with van der Waals surface area (Å²) in [6.45, 7) is 13.5. The molecule has 2 aromatic carbocycles. The third-order valence-corrected chi connectivity index (χ3v) is 8.90. The van der Waals surface area contributed by atoms with Crippen LogP contribution < -0.4 is 18.7 Å². The van der Waals surface area contributed by atoms with E-state index in [1.165, 1.54) is 15.9 Å². The highest BCUT2D eigenvalue weighted by Gasteiger charge is 2.45. The molecule has 1 saturated heterocycles. The number of halogens is 1. The smallest absolute Gasteiger partial charge is 0.415 e. The molecule has 0 aliphatic carbocycles. The molecule has 1 unspecified atom stereocenters. The second-order valence-corrected chi connectivity index (χ2v) is 15.4. The number of fused-ring (bicyclic) bond motifs is 1. The molecule has 12 nitrogen and oxygen atoms in total. The molecule has 0 bridgehead atoms. The Labute approximate surface area is 276 Å². The molecular weight excluding hydrogens is 631 g/mol. The minimum Gasteiger partial charge on any atom is -0.487 e. The molecule has 0 spiro atoms. The zero-order valence-corrected chi connectivity index (χ0v) is 29.1. The number of anilines is 2. The van der Waals surface area contributed by atoms with E-state index in [2.05, 4.69) is 0 Å². The molecule has 3 amide bonds. The van der Waals surface area contributed by atoms with Gasteiger partial charge in [-0.15, -0.1) is 0 Å². The zero-order chi connectivity index (χ0) is 34.9. The highest BCUT2D eigenvalue weighted by molar-refractivity contribution is 7.92. The van der Waals surface area contributed by atoms with Gasteiger partial charge in [0.1, 0.15) is 35.8 Å². The van der Waals surface area contributed by atoms with Crippen molar-refractivity contribution in [2.24, 2.45) is 0 Å². The summed E-state index contributed by atoms with van der Waals surface area (Å²) in [7, 11) is -4.43. The number of amides is 3. The van der Waals surface area contributed by atoms with Crippen molar-refractivity contribution in [3.63, 3.8) is 0 Å². The van der Waals surface area contributed by atoms with Gasteiger partial charge < -0.3 is 19.1 Å². The van der Waals surface area contributed by atoms with Crippen molar-refractivity contribution in [2.45, 2.75) is 105 Å². The number of carbonyl (C=O) groups is 3. The highest BCUT2D eigenvalue weighted by Crippen LogP contribution is 2.46. The van der Waals surface area contributed by atoms with Gasteiger partial charge in [-0.25, -0.2) is 23.0 Å². The van der Waals surface area contributed by atoms with E-state index in [9.17, 15) is 22.8 Å². The molecule has 2 aliphatic rings. The lowest BCUT2D eigenvalue weighted by molar-refractivity contribution is -0.117. The number of carbonyl (C=O) groups excluding carboxylic acids is 3. The summed E-state index contributed by atoms with van der Waals surface area (Å²) in [5, 5.41) is 0. The number of nitrogens with one attached hydrogen (secondary N) is 1. The molecule has 2 heterocycles. The summed E-state index contributed by atoms with van der Waals surface area (Å²) < 4.78 is 62.7. The monoisotopic (exact) mass is 676 g/mol. The maximum Gasteiger partial charge on any atom is 0.415 e. The first kappa shape index (κ1) is 35.8. The fraction of sp³-hybridized carbons (Fsp3) is 0.545. The molecule has 4 rings (SSSR count). The molecular formula is C33H45FN4O8S. The third-order valence-electron chi connectivity index (χ3n) is 7.52. The lowest BCUT2D eigenvalue weighted by atomic mass is 10.1. The first-order valence-corrected chi connectivity index (χ1v) is 17.1. The lowest BCUT2D eigenvalue weighted by Gasteiger charge is -2.36. The van der Waals surface area contributed by atoms with Crippen LogP contribution in [0.15, 0.2) is 36.4 Å². The van der Waals surface area contributed by atoms with Gasteiger partial charge >= 0.3 is 22.4 Å². The Morgan fingerprint density at radius 1 is 1.09 bits per heavy atom. The van der Waals surface area contributed by atoms with Crippen LogP contribution in [0.3, 0.4) is 0 Å². The van der Waals surface area contributed by atoms with Crippen LogP contribution in [0.4, 0.5) is 25.4 Å². The Bertz CT molecular complexity index is 1600. The van der Waals surface area contributed by atoms with E-state index in [4.69, 9.17) is 14.2 Å². The van der Waals surface area contributed by atoms with Crippen LogP contribution in [0.5, 0.6) is 5.75 Å². The fourth-order valence-corrected chi connectivity index (χ4v) is 6.72. The van der Waals surface area contributed by atoms with Gasteiger partial charge in [0, 0.05) is 30.6 Å². The van der Waals surface area contributed by atoms with Crippen LogP contribution in [-0.4, -0.2) is 67.8 Å². The normalized spacial score (nSPS) is 18.0. The first-order chi connectivity index (χ1) is 21.8. The second-order valence-electron chi connectivity index (χ2n) is 13.8. The molecule has 14 heteroatoms. The quantitative estimate of drug-likeness (QED) is 0.359. The summed E-state index contributed by atoms with van der Waals surface area (Å²) in [6.07, 6.45) is -0.0209. The predicted octanol–water partition coefficient (Wildman–Crippen LogP) is 5.68. The number of ether oxygens (including phenoxy) is 3. The van der Waals surface area contributed by atoms with Crippen LogP contribution in [0.25, 0.3) is 0 Å². The summed E-state index contributed by atoms with van der Waals surface area (Å²) in [6, 6.07) is 9.28. The van der Waals surface area contributed by atoms with E-state index < -0.39 is 63.6 Å². The van der Waals surface area contributed by atoms with Gasteiger partial charge in [-0.3, -0.25) is 9.69 Å². The SMILES string of the molecule is CCCC(C)N(C[C@H]1Cc2c(cc(OCc3ccccc3)c(N3CC(=O)NS3(=O)=O)c2F)N1C(=O)OC(C)(C)C)C(=O)OC(C)(C)C. The van der Waals surface area contributed by atoms with E-state index in [0.717, 1.165) is 12.0 Å². The standard InChI is InChI=1S/C33H45FN4O8S/c1-9-13-21(2)36(30(40)45-32(3,4)5)18-23-16-24-25(38(23)31(41)46-33(6,7)8)17-26(44-20-22-14-11-10-12-15-22)29(28(24)34)37-19-27(39)35-47(37,42)43/h10-12,14-15,17,21,23H,9,13,16,18-20H2,1-8H3,(H,35,39)/t21?,23-/m1/s1. The summed E-state index contributed by atoms with van der Waals surface area (Å²) >= 11 is 0. The molecule has 2 aliphatic heterocycles. The van der Waals surface area contributed by atoms with E-state index in [0.29, 0.717) is 10.7 Å². The Morgan fingerprint density at radius 3 is 2.28 bits per heavy atom. The van der Waals surface area contributed by atoms with Gasteiger partial charge in [0.05, 0.1) is 11.7 Å². The van der Waals surface area contributed by atoms with Crippen molar-refractivity contribution >= 4 is 39.7 Å². The minimum absolute atomic E-state index is 0.0183. The summed E-state index contributed by atoms with van der Waals surface area (Å²) in [5.74, 6) is -1.99. The average Bonchev–Trinajstić information content (AvgIpc) is 3.44. The van der Waals surface area contributed by atoms with Crippen molar-refractivity contribution in [3.05, 3.63) is 53.3 Å². The molecule has 2 atom stereocenters. The van der Waals surface area contributed by atoms with Crippen LogP contribution in [0, 0.1) is 5.82 Å². The van der Waals surface area contributed by atoms with Gasteiger partial charge in [0.25, 0.3) is 5.91 Å². The molecule has 0 aromatic heterocycles. The van der Waals surface area contributed by atoms with E-state index >= 15 is 4.39 Å². The maximum absolute atomic E-state index is 16.8. The number of hydrogen-bond acceptors (Lipinski definition) is 8. The Balaban J connectivity index is 1.85. The lowest BCUT2D eigenvalue weighted by Crippen LogP contribution is -2.51. The molecule has 258 valence electrons. The van der Waals surface area contributed by atoms with Crippen LogP contribution in [-0.2, 0) is 37.5 Å². The predicted molar refractivity (Wildman–Crippen MR) is 175 cm³/mol. The van der Waals surface area contributed by atoms with E-state index in [1.807, 2.05) is 24.6 Å². The molecule has 0 saturated carbocycles. The van der Waals surface area contributed by atoms with Crippen LogP contribution >= 0.6 is 0 Å². The van der Waals surface area contributed by atoms with Gasteiger partial charge in [0.2, 0.25) is 0 Å². The van der Waals surface area contributed by atoms with E-state index in [-0.39, 0.29) is 42.6 Å². The van der Waals surface area contributed by atoms with Gasteiger partial charge in [-0.2, -0.15) is 8.42 Å². The highest BCUT2D eigenvalue weighted by atomic mass is 32.2. The van der Waals surface area contributed by atoms with Gasteiger partial charge in [-0.05, 0) is 60.5 Å². The van der Waals surface area contributed by atoms with Crippen molar-refractivity contribution in [2.75, 3.05) is 22.3 Å². The van der Waals surface area contributed by atoms with Gasteiger partial charge in [0.15, 0.2) is 5.82 Å². The number of benzene rings is 2. The summed E-state index contributed by atoms with van der Waals surface area (Å²) in [4.78, 5) is 42.3. The van der Waals surface area contributed by atoms with Crippen molar-refractivity contribution in [1.82, 2.24) is 9.62 Å². The average molecular weight is 677 g/mol. The van der Waals surface area contributed by atoms with Crippen LogP contribution in [0.2, 0.25) is 0 Å². The summed E-state index contributed by atoms with van der Waals surface area (Å²) in [5.41, 5.74) is -1.31. The zero-order valence-electron chi connectivity index (χ0n) is 28.3. The molecule has 2 aromatic rings. The van der Waals surface area contributed by atoms with E-state index in [1.54, 1.807) is 65.8 Å². The topological polar surface area (TPSA) is 135 Å². The second kappa shape index (κ2) is 13.6. The molecule has 0 radical (unpaired) electrons. The van der Waals surface area contributed by atoms with Gasteiger partial charge in [-0.1, -0.05) is 43.7 Å².